The number of rotatable bonds is 4. The highest BCUT2D eigenvalue weighted by Gasteiger charge is 2.61. The lowest BCUT2D eigenvalue weighted by Gasteiger charge is -2.39. The van der Waals surface area contributed by atoms with E-state index in [1.165, 1.54) is 16.7 Å². The van der Waals surface area contributed by atoms with Gasteiger partial charge < -0.3 is 9.80 Å². The maximum Gasteiger partial charge on any atom is 0.231 e. The van der Waals surface area contributed by atoms with Crippen LogP contribution in [0.15, 0.2) is 54.6 Å². The van der Waals surface area contributed by atoms with E-state index in [1.54, 1.807) is 0 Å². The van der Waals surface area contributed by atoms with Crippen LogP contribution in [0.1, 0.15) is 49.3 Å². The van der Waals surface area contributed by atoms with Crippen molar-refractivity contribution in [2.75, 3.05) is 0 Å². The highest BCUT2D eigenvalue weighted by Crippen LogP contribution is 2.53. The van der Waals surface area contributed by atoms with Gasteiger partial charge >= 0.3 is 0 Å². The minimum atomic E-state index is -0.503. The molecule has 2 amide bonds. The van der Waals surface area contributed by atoms with Gasteiger partial charge in [0, 0.05) is 31.6 Å². The van der Waals surface area contributed by atoms with Gasteiger partial charge in [-0.15, -0.1) is 0 Å². The summed E-state index contributed by atoms with van der Waals surface area (Å²) < 4.78 is 0. The lowest BCUT2D eigenvalue weighted by atomic mass is 9.69. The minimum absolute atomic E-state index is 0.0244. The molecule has 5 rings (SSSR count). The average Bonchev–Trinajstić information content (AvgIpc) is 3.45. The van der Waals surface area contributed by atoms with Crippen molar-refractivity contribution in [3.63, 3.8) is 0 Å². The van der Waals surface area contributed by atoms with Crippen LogP contribution in [0.4, 0.5) is 0 Å². The zero-order valence-corrected chi connectivity index (χ0v) is 17.0. The zero-order valence-electron chi connectivity index (χ0n) is 17.0. The third-order valence-electron chi connectivity index (χ3n) is 7.25. The molecule has 3 aliphatic rings. The molecule has 3 aliphatic heterocycles. The number of amides is 2. The van der Waals surface area contributed by atoms with Crippen molar-refractivity contribution in [2.24, 2.45) is 5.41 Å². The molecule has 0 radical (unpaired) electrons. The van der Waals surface area contributed by atoms with E-state index in [4.69, 9.17) is 0 Å². The van der Waals surface area contributed by atoms with Crippen LogP contribution >= 0.6 is 0 Å². The Balaban J connectivity index is 1.50. The third kappa shape index (κ3) is 2.88. The number of nitrogens with zero attached hydrogens (tertiary/aromatic N) is 2. The van der Waals surface area contributed by atoms with Crippen molar-refractivity contribution < 1.29 is 9.59 Å². The molecule has 29 heavy (non-hydrogen) atoms. The first-order chi connectivity index (χ1) is 14.1. The molecular weight excluding hydrogens is 360 g/mol. The number of fused-ring (bicyclic) bond motifs is 3. The average molecular weight is 389 g/mol. The first kappa shape index (κ1) is 18.4. The Morgan fingerprint density at radius 2 is 1.62 bits per heavy atom. The Kier molecular flexibility index (Phi) is 4.45. The highest BCUT2D eigenvalue weighted by molar-refractivity contribution is 5.88. The van der Waals surface area contributed by atoms with Crippen LogP contribution in [-0.2, 0) is 29.1 Å². The first-order valence-electron chi connectivity index (χ1n) is 10.8. The van der Waals surface area contributed by atoms with E-state index in [0.29, 0.717) is 25.9 Å². The fourth-order valence-corrected chi connectivity index (χ4v) is 5.99. The monoisotopic (exact) mass is 388 g/mol. The summed E-state index contributed by atoms with van der Waals surface area (Å²) in [6.45, 7) is 3.30. The second-order valence-corrected chi connectivity index (χ2v) is 8.85. The number of hydrogen-bond acceptors (Lipinski definition) is 2. The van der Waals surface area contributed by atoms with Crippen molar-refractivity contribution in [3.8, 4) is 0 Å². The molecule has 0 N–H and O–H groups in total. The lowest BCUT2D eigenvalue weighted by molar-refractivity contribution is -0.146. The Morgan fingerprint density at radius 3 is 2.28 bits per heavy atom. The number of carbonyl (C=O) groups is 2. The van der Waals surface area contributed by atoms with Crippen molar-refractivity contribution in [1.29, 1.82) is 0 Å². The van der Waals surface area contributed by atoms with Gasteiger partial charge in [0.1, 0.15) is 0 Å². The summed E-state index contributed by atoms with van der Waals surface area (Å²) in [6, 6.07) is 18.9. The Hall–Kier alpha value is -2.62. The van der Waals surface area contributed by atoms with Gasteiger partial charge in [-0.3, -0.25) is 9.59 Å². The summed E-state index contributed by atoms with van der Waals surface area (Å²) in [5.41, 5.74) is 3.19. The molecule has 3 atom stereocenters. The SMILES string of the molecule is CCC(=O)N1[C@@H]2CC[C@H]1[C@@](Cc1ccccc1)(C(=O)N1Cc3ccccc3C1)C2. The van der Waals surface area contributed by atoms with Crippen molar-refractivity contribution >= 4 is 11.8 Å². The molecule has 3 heterocycles. The molecule has 0 unspecified atom stereocenters. The lowest BCUT2D eigenvalue weighted by Crippen LogP contribution is -2.51. The van der Waals surface area contributed by atoms with Gasteiger partial charge in [-0.05, 0) is 42.4 Å². The van der Waals surface area contributed by atoms with Gasteiger partial charge in [-0.1, -0.05) is 61.5 Å². The van der Waals surface area contributed by atoms with E-state index in [1.807, 2.05) is 42.2 Å². The molecule has 2 bridgehead atoms. The smallest absolute Gasteiger partial charge is 0.231 e. The largest absolute Gasteiger partial charge is 0.336 e. The second kappa shape index (κ2) is 7.01. The molecule has 0 aromatic heterocycles. The molecule has 4 heteroatoms. The summed E-state index contributed by atoms with van der Waals surface area (Å²) in [4.78, 5) is 30.9. The second-order valence-electron chi connectivity index (χ2n) is 8.85. The predicted octanol–water partition coefficient (Wildman–Crippen LogP) is 3.93. The maximum atomic E-state index is 14.1. The van der Waals surface area contributed by atoms with Crippen LogP contribution in [0, 0.1) is 5.41 Å². The van der Waals surface area contributed by atoms with E-state index < -0.39 is 5.41 Å². The molecule has 2 saturated heterocycles. The van der Waals surface area contributed by atoms with Crippen LogP contribution < -0.4 is 0 Å². The van der Waals surface area contributed by atoms with Crippen molar-refractivity contribution in [2.45, 2.75) is 64.2 Å². The van der Waals surface area contributed by atoms with E-state index in [0.717, 1.165) is 19.3 Å². The Bertz CT molecular complexity index is 916. The van der Waals surface area contributed by atoms with Crippen LogP contribution in [0.3, 0.4) is 0 Å². The quantitative estimate of drug-likeness (QED) is 0.796. The molecule has 4 nitrogen and oxygen atoms in total. The molecule has 0 saturated carbocycles. The van der Waals surface area contributed by atoms with Crippen LogP contribution in [-0.4, -0.2) is 33.7 Å². The highest BCUT2D eigenvalue weighted by atomic mass is 16.2. The summed E-state index contributed by atoms with van der Waals surface area (Å²) in [7, 11) is 0. The maximum absolute atomic E-state index is 14.1. The minimum Gasteiger partial charge on any atom is -0.336 e. The van der Waals surface area contributed by atoms with Crippen LogP contribution in [0.5, 0.6) is 0 Å². The standard InChI is InChI=1S/C25H28N2O2/c1-2-23(28)27-21-12-13-22(27)25(15-21,14-18-8-4-3-5-9-18)24(29)26-16-19-10-6-7-11-20(19)17-26/h3-11,21-22H,2,12-17H2,1H3/t21-,22+,25+/m1/s1. The Labute approximate surface area is 172 Å². The van der Waals surface area contributed by atoms with Gasteiger partial charge in [0.25, 0.3) is 0 Å². The molecule has 150 valence electrons. The van der Waals surface area contributed by atoms with Gasteiger partial charge in [0.2, 0.25) is 11.8 Å². The van der Waals surface area contributed by atoms with Crippen LogP contribution in [0.2, 0.25) is 0 Å². The summed E-state index contributed by atoms with van der Waals surface area (Å²) in [5, 5.41) is 0. The molecule has 2 fully saturated rings. The van der Waals surface area contributed by atoms with Gasteiger partial charge in [-0.2, -0.15) is 0 Å². The topological polar surface area (TPSA) is 40.6 Å². The summed E-state index contributed by atoms with van der Waals surface area (Å²) in [5.74, 6) is 0.434. The predicted molar refractivity (Wildman–Crippen MR) is 112 cm³/mol. The summed E-state index contributed by atoms with van der Waals surface area (Å²) >= 11 is 0. The van der Waals surface area contributed by atoms with E-state index in [-0.39, 0.29) is 23.9 Å². The normalized spacial score (nSPS) is 27.3. The summed E-state index contributed by atoms with van der Waals surface area (Å²) in [6.07, 6.45) is 3.99. The number of benzene rings is 2. The Morgan fingerprint density at radius 1 is 0.966 bits per heavy atom. The molecular formula is C25H28N2O2. The third-order valence-corrected chi connectivity index (χ3v) is 7.25. The van der Waals surface area contributed by atoms with Crippen LogP contribution in [0.25, 0.3) is 0 Å². The first-order valence-corrected chi connectivity index (χ1v) is 10.8. The fourth-order valence-electron chi connectivity index (χ4n) is 5.99. The molecule has 2 aromatic rings. The van der Waals surface area contributed by atoms with Gasteiger partial charge in [0.15, 0.2) is 0 Å². The van der Waals surface area contributed by atoms with Crippen molar-refractivity contribution in [1.82, 2.24) is 9.80 Å². The zero-order chi connectivity index (χ0) is 20.0. The van der Waals surface area contributed by atoms with Crippen molar-refractivity contribution in [3.05, 3.63) is 71.3 Å². The van der Waals surface area contributed by atoms with E-state index >= 15 is 0 Å². The van der Waals surface area contributed by atoms with E-state index in [2.05, 4.69) is 29.2 Å². The molecule has 0 aliphatic carbocycles. The number of carbonyl (C=O) groups excluding carboxylic acids is 2. The fraction of sp³-hybridized carbons (Fsp3) is 0.440. The van der Waals surface area contributed by atoms with E-state index in [9.17, 15) is 9.59 Å². The molecule has 2 aromatic carbocycles. The molecule has 0 spiro atoms. The van der Waals surface area contributed by atoms with Gasteiger partial charge in [-0.25, -0.2) is 0 Å². The number of hydrogen-bond donors (Lipinski definition) is 0. The van der Waals surface area contributed by atoms with Gasteiger partial charge in [0.05, 0.1) is 5.41 Å².